The van der Waals surface area contributed by atoms with E-state index in [9.17, 15) is 4.79 Å². The van der Waals surface area contributed by atoms with Gasteiger partial charge in [-0.1, -0.05) is 18.2 Å². The SMILES string of the molecule is O=C(O)CC(c1ccccc1N1CCCC1)C1CC1. The number of hydrogen-bond acceptors (Lipinski definition) is 2. The Labute approximate surface area is 114 Å². The average Bonchev–Trinajstić information content (AvgIpc) is 3.10. The highest BCUT2D eigenvalue weighted by molar-refractivity contribution is 5.69. The summed E-state index contributed by atoms with van der Waals surface area (Å²) in [5, 5.41) is 9.16. The maximum absolute atomic E-state index is 11.1. The maximum atomic E-state index is 11.1. The van der Waals surface area contributed by atoms with E-state index in [2.05, 4.69) is 23.1 Å². The van der Waals surface area contributed by atoms with Crippen molar-refractivity contribution in [3.63, 3.8) is 0 Å². The molecule has 2 aliphatic rings. The van der Waals surface area contributed by atoms with Gasteiger partial charge in [0.2, 0.25) is 0 Å². The van der Waals surface area contributed by atoms with Gasteiger partial charge in [-0.3, -0.25) is 4.79 Å². The molecule has 0 amide bonds. The van der Waals surface area contributed by atoms with Crippen molar-refractivity contribution in [1.82, 2.24) is 0 Å². The van der Waals surface area contributed by atoms with E-state index >= 15 is 0 Å². The first-order valence-electron chi connectivity index (χ1n) is 7.31. The monoisotopic (exact) mass is 259 g/mol. The number of aliphatic carboxylic acids is 1. The minimum absolute atomic E-state index is 0.203. The topological polar surface area (TPSA) is 40.5 Å². The third-order valence-corrected chi connectivity index (χ3v) is 4.37. The van der Waals surface area contributed by atoms with Gasteiger partial charge in [-0.05, 0) is 49.1 Å². The number of carboxylic acids is 1. The Bertz CT molecular complexity index is 462. The predicted octanol–water partition coefficient (Wildman–Crippen LogP) is 3.26. The second-order valence-electron chi connectivity index (χ2n) is 5.79. The summed E-state index contributed by atoms with van der Waals surface area (Å²) in [5.41, 5.74) is 2.53. The standard InChI is InChI=1S/C16H21NO2/c18-16(19)11-14(12-7-8-12)13-5-1-2-6-15(13)17-9-3-4-10-17/h1-2,5-6,12,14H,3-4,7-11H2,(H,18,19). The Morgan fingerprint density at radius 3 is 2.58 bits per heavy atom. The molecule has 1 aliphatic heterocycles. The number of carboxylic acid groups (broad SMARTS) is 1. The van der Waals surface area contributed by atoms with E-state index < -0.39 is 5.97 Å². The second-order valence-corrected chi connectivity index (χ2v) is 5.79. The lowest BCUT2D eigenvalue weighted by Crippen LogP contribution is -2.21. The lowest BCUT2D eigenvalue weighted by molar-refractivity contribution is -0.137. The minimum Gasteiger partial charge on any atom is -0.481 e. The van der Waals surface area contributed by atoms with Crippen molar-refractivity contribution in [3.8, 4) is 0 Å². The van der Waals surface area contributed by atoms with Gasteiger partial charge in [-0.25, -0.2) is 0 Å². The van der Waals surface area contributed by atoms with Crippen molar-refractivity contribution in [2.75, 3.05) is 18.0 Å². The van der Waals surface area contributed by atoms with Crippen LogP contribution in [0.2, 0.25) is 0 Å². The summed E-state index contributed by atoms with van der Waals surface area (Å²) in [6.07, 6.45) is 5.15. The molecule has 1 saturated heterocycles. The summed E-state index contributed by atoms with van der Waals surface area (Å²) in [6.45, 7) is 2.23. The molecular weight excluding hydrogens is 238 g/mol. The fourth-order valence-electron chi connectivity index (χ4n) is 3.26. The van der Waals surface area contributed by atoms with Crippen LogP contribution in [-0.2, 0) is 4.79 Å². The smallest absolute Gasteiger partial charge is 0.303 e. The molecule has 3 heteroatoms. The van der Waals surface area contributed by atoms with Gasteiger partial charge in [0.15, 0.2) is 0 Å². The molecule has 1 aliphatic carbocycles. The number of nitrogens with zero attached hydrogens (tertiary/aromatic N) is 1. The number of benzene rings is 1. The van der Waals surface area contributed by atoms with E-state index in [1.54, 1.807) is 0 Å². The molecule has 19 heavy (non-hydrogen) atoms. The number of carbonyl (C=O) groups is 1. The zero-order valence-corrected chi connectivity index (χ0v) is 11.2. The quantitative estimate of drug-likeness (QED) is 0.882. The van der Waals surface area contributed by atoms with Gasteiger partial charge in [0, 0.05) is 18.8 Å². The highest BCUT2D eigenvalue weighted by Crippen LogP contribution is 2.47. The highest BCUT2D eigenvalue weighted by Gasteiger charge is 2.35. The molecule has 1 unspecified atom stereocenters. The van der Waals surface area contributed by atoms with Crippen molar-refractivity contribution in [1.29, 1.82) is 0 Å². The first kappa shape index (κ1) is 12.5. The van der Waals surface area contributed by atoms with Crippen LogP contribution in [0.15, 0.2) is 24.3 Å². The molecule has 102 valence electrons. The molecule has 1 saturated carbocycles. The van der Waals surface area contributed by atoms with Crippen molar-refractivity contribution >= 4 is 11.7 Å². The van der Waals surface area contributed by atoms with E-state index in [0.29, 0.717) is 5.92 Å². The number of rotatable bonds is 5. The first-order valence-corrected chi connectivity index (χ1v) is 7.31. The minimum atomic E-state index is -0.673. The Morgan fingerprint density at radius 1 is 1.26 bits per heavy atom. The molecular formula is C16H21NO2. The molecule has 0 radical (unpaired) electrons. The Hall–Kier alpha value is -1.51. The highest BCUT2D eigenvalue weighted by atomic mass is 16.4. The molecule has 3 rings (SSSR count). The summed E-state index contributed by atoms with van der Waals surface area (Å²) in [5.74, 6) is 0.113. The third-order valence-electron chi connectivity index (χ3n) is 4.37. The Balaban J connectivity index is 1.90. The van der Waals surface area contributed by atoms with Crippen LogP contribution >= 0.6 is 0 Å². The van der Waals surface area contributed by atoms with E-state index in [1.165, 1.54) is 36.9 Å². The summed E-state index contributed by atoms with van der Waals surface area (Å²) in [4.78, 5) is 13.6. The van der Waals surface area contributed by atoms with Crippen molar-refractivity contribution in [3.05, 3.63) is 29.8 Å². The Morgan fingerprint density at radius 2 is 1.95 bits per heavy atom. The molecule has 1 N–H and O–H groups in total. The molecule has 2 fully saturated rings. The van der Waals surface area contributed by atoms with E-state index in [0.717, 1.165) is 13.1 Å². The summed E-state index contributed by atoms with van der Waals surface area (Å²) < 4.78 is 0. The number of hydrogen-bond donors (Lipinski definition) is 1. The summed E-state index contributed by atoms with van der Waals surface area (Å²) in [6, 6.07) is 8.42. The van der Waals surface area contributed by atoms with E-state index in [1.807, 2.05) is 6.07 Å². The number of anilines is 1. The largest absolute Gasteiger partial charge is 0.481 e. The van der Waals surface area contributed by atoms with Crippen molar-refractivity contribution < 1.29 is 9.90 Å². The fourth-order valence-corrected chi connectivity index (χ4v) is 3.26. The van der Waals surface area contributed by atoms with Gasteiger partial charge in [0.25, 0.3) is 0 Å². The molecule has 0 aromatic heterocycles. The van der Waals surface area contributed by atoms with Crippen LogP contribution in [-0.4, -0.2) is 24.2 Å². The average molecular weight is 259 g/mol. The second kappa shape index (κ2) is 5.24. The summed E-state index contributed by atoms with van der Waals surface area (Å²) >= 11 is 0. The van der Waals surface area contributed by atoms with Gasteiger partial charge in [0.1, 0.15) is 0 Å². The predicted molar refractivity (Wildman–Crippen MR) is 75.6 cm³/mol. The molecule has 0 spiro atoms. The normalized spacial score (nSPS) is 20.5. The third kappa shape index (κ3) is 2.75. The number of para-hydroxylation sites is 1. The van der Waals surface area contributed by atoms with Crippen LogP contribution in [0.4, 0.5) is 5.69 Å². The molecule has 0 bridgehead atoms. The lowest BCUT2D eigenvalue weighted by atomic mass is 9.89. The van der Waals surface area contributed by atoms with Crippen molar-refractivity contribution in [2.24, 2.45) is 5.92 Å². The van der Waals surface area contributed by atoms with Gasteiger partial charge in [-0.15, -0.1) is 0 Å². The zero-order chi connectivity index (χ0) is 13.2. The van der Waals surface area contributed by atoms with Crippen LogP contribution in [0, 0.1) is 5.92 Å². The van der Waals surface area contributed by atoms with Crippen LogP contribution in [0.1, 0.15) is 43.6 Å². The lowest BCUT2D eigenvalue weighted by Gasteiger charge is -2.25. The van der Waals surface area contributed by atoms with Crippen LogP contribution in [0.3, 0.4) is 0 Å². The van der Waals surface area contributed by atoms with Gasteiger partial charge in [-0.2, -0.15) is 0 Å². The molecule has 3 nitrogen and oxygen atoms in total. The van der Waals surface area contributed by atoms with Gasteiger partial charge in [0.05, 0.1) is 6.42 Å². The Kier molecular flexibility index (Phi) is 3.45. The summed E-state index contributed by atoms with van der Waals surface area (Å²) in [7, 11) is 0. The van der Waals surface area contributed by atoms with Gasteiger partial charge < -0.3 is 10.0 Å². The van der Waals surface area contributed by atoms with Crippen molar-refractivity contribution in [2.45, 2.75) is 38.0 Å². The molecule has 1 aromatic carbocycles. The van der Waals surface area contributed by atoms with Crippen LogP contribution in [0.25, 0.3) is 0 Å². The zero-order valence-electron chi connectivity index (χ0n) is 11.2. The molecule has 1 atom stereocenters. The first-order chi connectivity index (χ1) is 9.25. The van der Waals surface area contributed by atoms with E-state index in [-0.39, 0.29) is 12.3 Å². The van der Waals surface area contributed by atoms with Crippen LogP contribution in [0.5, 0.6) is 0 Å². The fraction of sp³-hybridized carbons (Fsp3) is 0.562. The molecule has 1 heterocycles. The molecule has 1 aromatic rings. The van der Waals surface area contributed by atoms with Crippen LogP contribution < -0.4 is 4.90 Å². The maximum Gasteiger partial charge on any atom is 0.303 e. The van der Waals surface area contributed by atoms with Gasteiger partial charge >= 0.3 is 5.97 Å². The van der Waals surface area contributed by atoms with E-state index in [4.69, 9.17) is 5.11 Å².